The largest absolute Gasteiger partial charge is 0.357 e. The predicted molar refractivity (Wildman–Crippen MR) is 118 cm³/mol. The third-order valence-electron chi connectivity index (χ3n) is 4.57. The van der Waals surface area contributed by atoms with Gasteiger partial charge in [0.2, 0.25) is 0 Å². The van der Waals surface area contributed by atoms with Crippen LogP contribution in [0.15, 0.2) is 64.6 Å². The molecule has 0 saturated heterocycles. The molecule has 7 heteroatoms. The van der Waals surface area contributed by atoms with E-state index in [1.807, 2.05) is 43.3 Å². The molecule has 0 radical (unpaired) electrons. The monoisotopic (exact) mass is 410 g/mol. The van der Waals surface area contributed by atoms with Crippen LogP contribution in [0.3, 0.4) is 0 Å². The van der Waals surface area contributed by atoms with E-state index in [9.17, 15) is 8.42 Å². The molecule has 2 aromatic carbocycles. The Morgan fingerprint density at radius 1 is 1.10 bits per heavy atom. The van der Waals surface area contributed by atoms with E-state index in [0.717, 1.165) is 34.1 Å². The first-order chi connectivity index (χ1) is 13.9. The van der Waals surface area contributed by atoms with Crippen molar-refractivity contribution in [3.8, 4) is 0 Å². The van der Waals surface area contributed by atoms with E-state index in [-0.39, 0.29) is 0 Å². The number of aryl methyl sites for hydroxylation is 1. The van der Waals surface area contributed by atoms with Crippen molar-refractivity contribution < 1.29 is 8.42 Å². The zero-order valence-electron chi connectivity index (χ0n) is 16.9. The van der Waals surface area contributed by atoms with Crippen molar-refractivity contribution in [3.05, 3.63) is 71.4 Å². The summed E-state index contributed by atoms with van der Waals surface area (Å²) in [4.78, 5) is 9.48. The highest BCUT2D eigenvalue weighted by atomic mass is 32.2. The summed E-state index contributed by atoms with van der Waals surface area (Å²) in [6.07, 6.45) is 3.02. The first kappa shape index (κ1) is 20.8. The van der Waals surface area contributed by atoms with E-state index in [1.54, 1.807) is 19.2 Å². The first-order valence-electron chi connectivity index (χ1n) is 9.53. The van der Waals surface area contributed by atoms with Crippen LogP contribution in [0, 0.1) is 6.92 Å². The molecule has 0 fully saturated rings. The van der Waals surface area contributed by atoms with E-state index in [4.69, 9.17) is 0 Å². The van der Waals surface area contributed by atoms with Gasteiger partial charge in [-0.1, -0.05) is 36.4 Å². The summed E-state index contributed by atoms with van der Waals surface area (Å²) in [5.74, 6) is 0.699. The van der Waals surface area contributed by atoms with Gasteiger partial charge in [-0.3, -0.25) is 4.98 Å². The Morgan fingerprint density at radius 2 is 1.90 bits per heavy atom. The van der Waals surface area contributed by atoms with Crippen LogP contribution in [0.1, 0.15) is 23.6 Å². The fourth-order valence-corrected chi connectivity index (χ4v) is 4.19. The van der Waals surface area contributed by atoms with Gasteiger partial charge in [0.15, 0.2) is 15.8 Å². The third kappa shape index (κ3) is 5.32. The van der Waals surface area contributed by atoms with E-state index < -0.39 is 9.84 Å². The van der Waals surface area contributed by atoms with E-state index in [0.29, 0.717) is 23.9 Å². The van der Waals surface area contributed by atoms with Crippen LogP contribution in [-0.2, 0) is 22.9 Å². The second-order valence-electron chi connectivity index (χ2n) is 6.91. The number of para-hydroxylation sites is 1. The Morgan fingerprint density at radius 3 is 2.62 bits per heavy atom. The predicted octanol–water partition coefficient (Wildman–Crippen LogP) is 3.20. The number of rotatable bonds is 6. The number of benzene rings is 2. The minimum atomic E-state index is -3.21. The lowest BCUT2D eigenvalue weighted by Crippen LogP contribution is -2.36. The lowest BCUT2D eigenvalue weighted by molar-refractivity contribution is 0.601. The second-order valence-corrected chi connectivity index (χ2v) is 8.90. The smallest absolute Gasteiger partial charge is 0.191 e. The van der Waals surface area contributed by atoms with Crippen molar-refractivity contribution in [2.75, 3.05) is 12.8 Å². The Bertz CT molecular complexity index is 1140. The molecule has 3 aromatic rings. The summed E-state index contributed by atoms with van der Waals surface area (Å²) in [7, 11) is -3.21. The van der Waals surface area contributed by atoms with Crippen LogP contribution in [0.5, 0.6) is 0 Å². The van der Waals surface area contributed by atoms with Gasteiger partial charge in [-0.15, -0.1) is 0 Å². The number of hydrogen-bond donors (Lipinski definition) is 2. The van der Waals surface area contributed by atoms with E-state index >= 15 is 0 Å². The van der Waals surface area contributed by atoms with Crippen LogP contribution < -0.4 is 10.6 Å². The molecule has 0 aliphatic heterocycles. The molecule has 152 valence electrons. The van der Waals surface area contributed by atoms with Gasteiger partial charge in [0, 0.05) is 30.9 Å². The molecule has 0 saturated carbocycles. The maximum atomic E-state index is 11.8. The molecule has 2 N–H and O–H groups in total. The maximum absolute atomic E-state index is 11.8. The topological polar surface area (TPSA) is 83.5 Å². The Hall–Kier alpha value is -2.93. The van der Waals surface area contributed by atoms with Crippen molar-refractivity contribution in [1.82, 2.24) is 15.6 Å². The van der Waals surface area contributed by atoms with Gasteiger partial charge in [-0.05, 0) is 42.7 Å². The lowest BCUT2D eigenvalue weighted by Gasteiger charge is -2.13. The van der Waals surface area contributed by atoms with Crippen molar-refractivity contribution in [1.29, 1.82) is 0 Å². The molecule has 0 aliphatic rings. The molecule has 0 unspecified atom stereocenters. The van der Waals surface area contributed by atoms with Crippen molar-refractivity contribution in [2.24, 2.45) is 4.99 Å². The fourth-order valence-electron chi connectivity index (χ4n) is 3.23. The van der Waals surface area contributed by atoms with Crippen molar-refractivity contribution in [2.45, 2.75) is 31.8 Å². The quantitative estimate of drug-likeness (QED) is 0.482. The summed E-state index contributed by atoms with van der Waals surface area (Å²) < 4.78 is 23.6. The maximum Gasteiger partial charge on any atom is 0.191 e. The molecule has 1 aromatic heterocycles. The SMILES string of the molecule is CCNC(=NCc1ccc(S(C)(=O)=O)c(C)c1)NCc1cccc2cccnc12. The van der Waals surface area contributed by atoms with Crippen LogP contribution in [0.4, 0.5) is 0 Å². The molecule has 0 atom stereocenters. The highest BCUT2D eigenvalue weighted by Crippen LogP contribution is 2.17. The molecule has 0 spiro atoms. The Kier molecular flexibility index (Phi) is 6.49. The average Bonchev–Trinajstić information content (AvgIpc) is 2.69. The van der Waals surface area contributed by atoms with Gasteiger partial charge in [-0.25, -0.2) is 13.4 Å². The molecule has 0 amide bonds. The fraction of sp³-hybridized carbons (Fsp3) is 0.273. The van der Waals surface area contributed by atoms with Gasteiger partial charge < -0.3 is 10.6 Å². The number of aromatic nitrogens is 1. The minimum Gasteiger partial charge on any atom is -0.357 e. The van der Waals surface area contributed by atoms with Crippen molar-refractivity contribution >= 4 is 26.7 Å². The number of pyridine rings is 1. The molecule has 3 rings (SSSR count). The Labute approximate surface area is 172 Å². The summed E-state index contributed by atoms with van der Waals surface area (Å²) in [5.41, 5.74) is 3.77. The highest BCUT2D eigenvalue weighted by Gasteiger charge is 2.11. The van der Waals surface area contributed by atoms with Gasteiger partial charge >= 0.3 is 0 Å². The van der Waals surface area contributed by atoms with E-state index in [2.05, 4.69) is 26.7 Å². The number of aliphatic imine (C=N–C) groups is 1. The number of sulfone groups is 1. The molecular weight excluding hydrogens is 384 g/mol. The summed E-state index contributed by atoms with van der Waals surface area (Å²) in [5, 5.41) is 7.70. The van der Waals surface area contributed by atoms with Gasteiger partial charge in [0.05, 0.1) is 17.0 Å². The van der Waals surface area contributed by atoms with E-state index in [1.165, 1.54) is 6.26 Å². The van der Waals surface area contributed by atoms with Gasteiger partial charge in [-0.2, -0.15) is 0 Å². The van der Waals surface area contributed by atoms with Crippen LogP contribution >= 0.6 is 0 Å². The first-order valence-corrected chi connectivity index (χ1v) is 11.4. The lowest BCUT2D eigenvalue weighted by atomic mass is 10.1. The summed E-state index contributed by atoms with van der Waals surface area (Å²) in [6.45, 7) is 5.62. The summed E-state index contributed by atoms with van der Waals surface area (Å²) in [6, 6.07) is 15.4. The normalized spacial score (nSPS) is 12.2. The van der Waals surface area contributed by atoms with Crippen molar-refractivity contribution in [3.63, 3.8) is 0 Å². The Balaban J connectivity index is 1.74. The zero-order chi connectivity index (χ0) is 20.9. The van der Waals surface area contributed by atoms with Crippen LogP contribution in [0.2, 0.25) is 0 Å². The molecule has 0 aliphatic carbocycles. The van der Waals surface area contributed by atoms with Gasteiger partial charge in [0.25, 0.3) is 0 Å². The standard InChI is InChI=1S/C22H26N4O2S/c1-4-23-22(25-14-17-10-11-20(16(2)13-17)29(3,27)28)26-15-19-8-5-7-18-9-6-12-24-21(18)19/h5-13H,4,14-15H2,1-3H3,(H2,23,25,26). The molecular formula is C22H26N4O2S. The number of nitrogens with one attached hydrogen (secondary N) is 2. The minimum absolute atomic E-state index is 0.360. The highest BCUT2D eigenvalue weighted by molar-refractivity contribution is 7.90. The number of fused-ring (bicyclic) bond motifs is 1. The van der Waals surface area contributed by atoms with Crippen LogP contribution in [-0.4, -0.2) is 32.2 Å². The molecule has 0 bridgehead atoms. The number of nitrogens with zero attached hydrogens (tertiary/aromatic N) is 2. The molecule has 29 heavy (non-hydrogen) atoms. The third-order valence-corrected chi connectivity index (χ3v) is 5.82. The van der Waals surface area contributed by atoms with Gasteiger partial charge in [0.1, 0.15) is 0 Å². The summed E-state index contributed by atoms with van der Waals surface area (Å²) >= 11 is 0. The molecule has 6 nitrogen and oxygen atoms in total. The average molecular weight is 411 g/mol. The zero-order valence-corrected chi connectivity index (χ0v) is 17.8. The number of guanidine groups is 1. The molecule has 1 heterocycles. The number of hydrogen-bond acceptors (Lipinski definition) is 4. The second kappa shape index (κ2) is 9.05. The van der Waals surface area contributed by atoms with Crippen LogP contribution in [0.25, 0.3) is 10.9 Å².